The first-order valence-corrected chi connectivity index (χ1v) is 8.13. The van der Waals surface area contributed by atoms with Gasteiger partial charge in [-0.3, -0.25) is 9.36 Å². The van der Waals surface area contributed by atoms with Gasteiger partial charge in [-0.05, 0) is 42.8 Å². The van der Waals surface area contributed by atoms with Gasteiger partial charge in [0.25, 0.3) is 5.91 Å². The van der Waals surface area contributed by atoms with Crippen LogP contribution in [0, 0.1) is 5.82 Å². The number of aromatic nitrogens is 2. The van der Waals surface area contributed by atoms with Crippen molar-refractivity contribution in [1.29, 1.82) is 0 Å². The Kier molecular flexibility index (Phi) is 4.52. The number of halogens is 1. The molecule has 0 spiro atoms. The first kappa shape index (κ1) is 15.4. The van der Waals surface area contributed by atoms with Crippen molar-refractivity contribution in [3.05, 3.63) is 70.2 Å². The molecule has 118 valence electrons. The van der Waals surface area contributed by atoms with Crippen molar-refractivity contribution in [2.45, 2.75) is 19.9 Å². The molecule has 3 aromatic rings. The van der Waals surface area contributed by atoms with Gasteiger partial charge in [-0.15, -0.1) is 11.3 Å². The van der Waals surface area contributed by atoms with E-state index in [4.69, 9.17) is 0 Å². The number of aryl methyl sites for hydroxylation is 1. The molecule has 0 saturated heterocycles. The Morgan fingerprint density at radius 1 is 1.22 bits per heavy atom. The second kappa shape index (κ2) is 6.75. The van der Waals surface area contributed by atoms with Crippen molar-refractivity contribution in [3.8, 4) is 5.69 Å². The predicted octanol–water partition coefficient (Wildman–Crippen LogP) is 3.57. The highest BCUT2D eigenvalue weighted by atomic mass is 32.1. The third-order valence-electron chi connectivity index (χ3n) is 3.46. The summed E-state index contributed by atoms with van der Waals surface area (Å²) in [7, 11) is 0. The number of imidazole rings is 1. The van der Waals surface area contributed by atoms with Crippen LogP contribution >= 0.6 is 11.3 Å². The molecule has 1 N–H and O–H groups in total. The fourth-order valence-electron chi connectivity index (χ4n) is 2.24. The zero-order valence-electron chi connectivity index (χ0n) is 12.6. The molecule has 0 unspecified atom stereocenters. The molecular weight excluding hydrogens is 313 g/mol. The molecule has 2 heterocycles. The molecule has 0 bridgehead atoms. The molecule has 0 atom stereocenters. The molecule has 2 aromatic heterocycles. The molecule has 0 aliphatic carbocycles. The highest BCUT2D eigenvalue weighted by Crippen LogP contribution is 2.17. The lowest BCUT2D eigenvalue weighted by molar-refractivity contribution is 0.0944. The van der Waals surface area contributed by atoms with Gasteiger partial charge in [0, 0.05) is 15.4 Å². The van der Waals surface area contributed by atoms with Gasteiger partial charge in [-0.2, -0.15) is 0 Å². The zero-order valence-corrected chi connectivity index (χ0v) is 13.4. The molecule has 0 fully saturated rings. The number of amides is 1. The van der Waals surface area contributed by atoms with E-state index in [2.05, 4.69) is 23.3 Å². The van der Waals surface area contributed by atoms with Crippen LogP contribution in [-0.4, -0.2) is 15.5 Å². The number of rotatable bonds is 5. The summed E-state index contributed by atoms with van der Waals surface area (Å²) in [6.07, 6.45) is 4.04. The van der Waals surface area contributed by atoms with Crippen LogP contribution in [0.1, 0.15) is 27.2 Å². The second-order valence-electron chi connectivity index (χ2n) is 5.03. The molecule has 0 aliphatic rings. The van der Waals surface area contributed by atoms with E-state index in [1.165, 1.54) is 23.2 Å². The smallest absolute Gasteiger partial charge is 0.270 e. The predicted molar refractivity (Wildman–Crippen MR) is 88.4 cm³/mol. The molecule has 0 saturated carbocycles. The zero-order chi connectivity index (χ0) is 16.2. The monoisotopic (exact) mass is 329 g/mol. The Bertz CT molecular complexity index is 807. The number of carbonyl (C=O) groups is 1. The number of hydrogen-bond acceptors (Lipinski definition) is 3. The largest absolute Gasteiger partial charge is 0.346 e. The summed E-state index contributed by atoms with van der Waals surface area (Å²) >= 11 is 1.70. The number of nitrogens with zero attached hydrogens (tertiary/aromatic N) is 2. The third kappa shape index (κ3) is 3.48. The number of benzene rings is 1. The maximum absolute atomic E-state index is 13.0. The van der Waals surface area contributed by atoms with Gasteiger partial charge < -0.3 is 5.32 Å². The van der Waals surface area contributed by atoms with Gasteiger partial charge in [0.05, 0.1) is 19.1 Å². The van der Waals surface area contributed by atoms with E-state index in [0.717, 1.165) is 11.3 Å². The summed E-state index contributed by atoms with van der Waals surface area (Å²) in [5, 5.41) is 2.90. The Balaban J connectivity index is 1.73. The summed E-state index contributed by atoms with van der Waals surface area (Å²) in [5.41, 5.74) is 1.11. The molecule has 4 nitrogen and oxygen atoms in total. The number of hydrogen-bond donors (Lipinski definition) is 1. The fraction of sp³-hybridized carbons (Fsp3) is 0.176. The van der Waals surface area contributed by atoms with Gasteiger partial charge in [0.2, 0.25) is 0 Å². The van der Waals surface area contributed by atoms with Gasteiger partial charge >= 0.3 is 0 Å². The van der Waals surface area contributed by atoms with Crippen LogP contribution in [0.5, 0.6) is 0 Å². The van der Waals surface area contributed by atoms with Crippen LogP contribution in [0.4, 0.5) is 4.39 Å². The maximum Gasteiger partial charge on any atom is 0.270 e. The normalized spacial score (nSPS) is 10.7. The minimum atomic E-state index is -0.315. The standard InChI is InChI=1S/C17H16FN3OS/c1-2-14-7-8-15(23-14)9-20-17(22)16-10-19-11-21(16)13-5-3-12(18)4-6-13/h3-8,10-11H,2,9H2,1H3,(H,20,22). The van der Waals surface area contributed by atoms with E-state index in [-0.39, 0.29) is 11.7 Å². The highest BCUT2D eigenvalue weighted by molar-refractivity contribution is 7.11. The lowest BCUT2D eigenvalue weighted by Crippen LogP contribution is -2.24. The van der Waals surface area contributed by atoms with E-state index in [1.54, 1.807) is 34.4 Å². The van der Waals surface area contributed by atoms with E-state index < -0.39 is 0 Å². The summed E-state index contributed by atoms with van der Waals surface area (Å²) < 4.78 is 14.7. The second-order valence-corrected chi connectivity index (χ2v) is 6.28. The van der Waals surface area contributed by atoms with Crippen LogP contribution < -0.4 is 5.32 Å². The quantitative estimate of drug-likeness (QED) is 0.778. The van der Waals surface area contributed by atoms with Crippen LogP contribution in [0.25, 0.3) is 5.69 Å². The Hall–Kier alpha value is -2.47. The fourth-order valence-corrected chi connectivity index (χ4v) is 3.13. The SMILES string of the molecule is CCc1ccc(CNC(=O)c2cncn2-c2ccc(F)cc2)s1. The van der Waals surface area contributed by atoms with Gasteiger partial charge in [-0.25, -0.2) is 9.37 Å². The third-order valence-corrected chi connectivity index (χ3v) is 4.69. The number of carbonyl (C=O) groups excluding carboxylic acids is 1. The van der Waals surface area contributed by atoms with Crippen molar-refractivity contribution in [1.82, 2.24) is 14.9 Å². The molecular formula is C17H16FN3OS. The average Bonchev–Trinajstić information content (AvgIpc) is 3.22. The molecule has 6 heteroatoms. The van der Waals surface area contributed by atoms with Crippen molar-refractivity contribution < 1.29 is 9.18 Å². The van der Waals surface area contributed by atoms with E-state index in [0.29, 0.717) is 17.9 Å². The highest BCUT2D eigenvalue weighted by Gasteiger charge is 2.13. The summed E-state index contributed by atoms with van der Waals surface area (Å²) in [5.74, 6) is -0.525. The Morgan fingerprint density at radius 3 is 2.65 bits per heavy atom. The minimum absolute atomic E-state index is 0.210. The molecule has 23 heavy (non-hydrogen) atoms. The van der Waals surface area contributed by atoms with Crippen molar-refractivity contribution in [2.24, 2.45) is 0 Å². The van der Waals surface area contributed by atoms with Crippen molar-refractivity contribution in [3.63, 3.8) is 0 Å². The summed E-state index contributed by atoms with van der Waals surface area (Å²) in [6, 6.07) is 10.0. The number of nitrogens with one attached hydrogen (secondary N) is 1. The number of thiophene rings is 1. The molecule has 0 aliphatic heterocycles. The first-order valence-electron chi connectivity index (χ1n) is 7.31. The molecule has 3 rings (SSSR count). The lowest BCUT2D eigenvalue weighted by Gasteiger charge is -2.08. The topological polar surface area (TPSA) is 46.9 Å². The van der Waals surface area contributed by atoms with E-state index >= 15 is 0 Å². The summed E-state index contributed by atoms with van der Waals surface area (Å²) in [4.78, 5) is 18.8. The van der Waals surface area contributed by atoms with Crippen LogP contribution in [0.15, 0.2) is 48.9 Å². The molecule has 1 aromatic carbocycles. The first-order chi connectivity index (χ1) is 11.2. The Labute approximate surface area is 137 Å². The summed E-state index contributed by atoms with van der Waals surface area (Å²) in [6.45, 7) is 2.59. The van der Waals surface area contributed by atoms with Crippen molar-refractivity contribution >= 4 is 17.2 Å². The minimum Gasteiger partial charge on any atom is -0.346 e. The lowest BCUT2D eigenvalue weighted by atomic mass is 10.3. The maximum atomic E-state index is 13.0. The van der Waals surface area contributed by atoms with Gasteiger partial charge in [0.15, 0.2) is 0 Å². The van der Waals surface area contributed by atoms with Crippen LogP contribution in [0.3, 0.4) is 0 Å². The van der Waals surface area contributed by atoms with Gasteiger partial charge in [-0.1, -0.05) is 6.92 Å². The van der Waals surface area contributed by atoms with E-state index in [1.807, 2.05) is 6.07 Å². The van der Waals surface area contributed by atoms with Crippen molar-refractivity contribution in [2.75, 3.05) is 0 Å². The van der Waals surface area contributed by atoms with Gasteiger partial charge in [0.1, 0.15) is 11.5 Å². The van der Waals surface area contributed by atoms with Crippen LogP contribution in [0.2, 0.25) is 0 Å². The van der Waals surface area contributed by atoms with Crippen LogP contribution in [-0.2, 0) is 13.0 Å². The Morgan fingerprint density at radius 2 is 1.96 bits per heavy atom. The molecule has 1 amide bonds. The molecule has 0 radical (unpaired) electrons. The van der Waals surface area contributed by atoms with E-state index in [9.17, 15) is 9.18 Å². The average molecular weight is 329 g/mol.